The number of hydrogen-bond acceptors (Lipinski definition) is 4. The van der Waals surface area contributed by atoms with Crippen molar-refractivity contribution in [3.63, 3.8) is 0 Å². The molecule has 3 aromatic rings. The van der Waals surface area contributed by atoms with Gasteiger partial charge in [0, 0.05) is 35.9 Å². The van der Waals surface area contributed by atoms with E-state index in [0.717, 1.165) is 10.6 Å². The number of aromatic nitrogens is 2. The highest BCUT2D eigenvalue weighted by Crippen LogP contribution is 2.29. The monoisotopic (exact) mass is 363 g/mol. The number of pyridine rings is 2. The molecule has 0 fully saturated rings. The summed E-state index contributed by atoms with van der Waals surface area (Å²) >= 11 is 1.51. The first-order chi connectivity index (χ1) is 12.6. The third kappa shape index (κ3) is 4.70. The topological polar surface area (TPSA) is 54.9 Å². The van der Waals surface area contributed by atoms with E-state index in [1.807, 2.05) is 24.3 Å². The SMILES string of the molecule is Cc1ccc(Sc2ncccc2C(=O)NCCc2ccccn2)cc1C. The molecule has 1 N–H and O–H groups in total. The fraction of sp³-hybridized carbons (Fsp3) is 0.190. The highest BCUT2D eigenvalue weighted by molar-refractivity contribution is 7.99. The van der Waals surface area contributed by atoms with Crippen LogP contribution in [0.1, 0.15) is 27.2 Å². The molecule has 0 bridgehead atoms. The Kier molecular flexibility index (Phi) is 6.02. The first-order valence-electron chi connectivity index (χ1n) is 8.52. The molecule has 3 rings (SSSR count). The number of aryl methyl sites for hydroxylation is 2. The normalized spacial score (nSPS) is 10.5. The minimum absolute atomic E-state index is 0.111. The lowest BCUT2D eigenvalue weighted by atomic mass is 10.1. The van der Waals surface area contributed by atoms with Crippen LogP contribution >= 0.6 is 11.8 Å². The van der Waals surface area contributed by atoms with Crippen LogP contribution in [0.5, 0.6) is 0 Å². The van der Waals surface area contributed by atoms with Gasteiger partial charge in [-0.1, -0.05) is 23.9 Å². The molecule has 132 valence electrons. The van der Waals surface area contributed by atoms with Crippen molar-refractivity contribution >= 4 is 17.7 Å². The Balaban J connectivity index is 1.67. The third-order valence-electron chi connectivity index (χ3n) is 4.10. The van der Waals surface area contributed by atoms with Crippen LogP contribution < -0.4 is 5.32 Å². The molecular weight excluding hydrogens is 342 g/mol. The van der Waals surface area contributed by atoms with Gasteiger partial charge in [-0.3, -0.25) is 9.78 Å². The summed E-state index contributed by atoms with van der Waals surface area (Å²) < 4.78 is 0. The lowest BCUT2D eigenvalue weighted by molar-refractivity contribution is 0.0950. The molecule has 1 amide bonds. The molecule has 1 aromatic carbocycles. The highest BCUT2D eigenvalue weighted by atomic mass is 32.2. The smallest absolute Gasteiger partial charge is 0.254 e. The number of rotatable bonds is 6. The second-order valence-corrected chi connectivity index (χ2v) is 7.09. The van der Waals surface area contributed by atoms with Gasteiger partial charge in [-0.05, 0) is 61.4 Å². The summed E-state index contributed by atoms with van der Waals surface area (Å²) in [6, 6.07) is 15.7. The van der Waals surface area contributed by atoms with E-state index < -0.39 is 0 Å². The number of nitrogens with zero attached hydrogens (tertiary/aromatic N) is 2. The van der Waals surface area contributed by atoms with Gasteiger partial charge in [0.1, 0.15) is 5.03 Å². The van der Waals surface area contributed by atoms with Crippen molar-refractivity contribution in [1.29, 1.82) is 0 Å². The van der Waals surface area contributed by atoms with Crippen LogP contribution in [0.4, 0.5) is 0 Å². The minimum Gasteiger partial charge on any atom is -0.352 e. The van der Waals surface area contributed by atoms with Gasteiger partial charge < -0.3 is 5.32 Å². The van der Waals surface area contributed by atoms with Crippen LogP contribution in [0.15, 0.2) is 70.8 Å². The molecular formula is C21H21N3OS. The van der Waals surface area contributed by atoms with Gasteiger partial charge in [-0.15, -0.1) is 0 Å². The molecule has 0 aliphatic rings. The first kappa shape index (κ1) is 18.1. The van der Waals surface area contributed by atoms with Gasteiger partial charge in [-0.25, -0.2) is 4.98 Å². The van der Waals surface area contributed by atoms with Crippen molar-refractivity contribution in [2.24, 2.45) is 0 Å². The number of carbonyl (C=O) groups excluding carboxylic acids is 1. The zero-order valence-corrected chi connectivity index (χ0v) is 15.7. The van der Waals surface area contributed by atoms with E-state index in [1.54, 1.807) is 18.5 Å². The maximum absolute atomic E-state index is 12.6. The minimum atomic E-state index is -0.111. The zero-order valence-electron chi connectivity index (χ0n) is 14.9. The molecule has 0 unspecified atom stereocenters. The van der Waals surface area contributed by atoms with Gasteiger partial charge in [0.05, 0.1) is 5.56 Å². The molecule has 2 heterocycles. The van der Waals surface area contributed by atoms with E-state index in [4.69, 9.17) is 0 Å². The average Bonchev–Trinajstić information content (AvgIpc) is 2.66. The van der Waals surface area contributed by atoms with Crippen molar-refractivity contribution in [1.82, 2.24) is 15.3 Å². The lowest BCUT2D eigenvalue weighted by Crippen LogP contribution is -2.26. The molecule has 0 saturated heterocycles. The van der Waals surface area contributed by atoms with Crippen molar-refractivity contribution in [3.05, 3.63) is 83.3 Å². The molecule has 26 heavy (non-hydrogen) atoms. The fourth-order valence-corrected chi connectivity index (χ4v) is 3.46. The van der Waals surface area contributed by atoms with Crippen LogP contribution in [0.25, 0.3) is 0 Å². The van der Waals surface area contributed by atoms with Crippen molar-refractivity contribution in [3.8, 4) is 0 Å². The summed E-state index contributed by atoms with van der Waals surface area (Å²) in [7, 11) is 0. The van der Waals surface area contributed by atoms with Crippen LogP contribution in [-0.2, 0) is 6.42 Å². The summed E-state index contributed by atoms with van der Waals surface area (Å²) in [4.78, 5) is 22.3. The zero-order chi connectivity index (χ0) is 18.4. The summed E-state index contributed by atoms with van der Waals surface area (Å²) in [5.41, 5.74) is 4.04. The average molecular weight is 363 g/mol. The fourth-order valence-electron chi connectivity index (χ4n) is 2.48. The van der Waals surface area contributed by atoms with Crippen LogP contribution in [0.2, 0.25) is 0 Å². The van der Waals surface area contributed by atoms with Crippen molar-refractivity contribution in [2.75, 3.05) is 6.54 Å². The lowest BCUT2D eigenvalue weighted by Gasteiger charge is -2.10. The Morgan fingerprint density at radius 1 is 1.00 bits per heavy atom. The predicted octanol–water partition coefficient (Wildman–Crippen LogP) is 4.22. The number of carbonyl (C=O) groups is 1. The number of nitrogens with one attached hydrogen (secondary N) is 1. The molecule has 0 aliphatic heterocycles. The van der Waals surface area contributed by atoms with E-state index in [1.165, 1.54) is 22.9 Å². The van der Waals surface area contributed by atoms with Crippen molar-refractivity contribution in [2.45, 2.75) is 30.2 Å². The maximum Gasteiger partial charge on any atom is 0.254 e. The standard InChI is InChI=1S/C21H21N3OS/c1-15-8-9-18(14-16(15)2)26-21-19(7-5-12-24-21)20(25)23-13-10-17-6-3-4-11-22-17/h3-9,11-12,14H,10,13H2,1-2H3,(H,23,25). The van der Waals surface area contributed by atoms with Gasteiger partial charge in [0.15, 0.2) is 0 Å². The Hall–Kier alpha value is -2.66. The maximum atomic E-state index is 12.6. The molecule has 0 atom stereocenters. The van der Waals surface area contributed by atoms with Gasteiger partial charge in [-0.2, -0.15) is 0 Å². The molecule has 0 aliphatic carbocycles. The number of hydrogen-bond donors (Lipinski definition) is 1. The van der Waals surface area contributed by atoms with E-state index in [-0.39, 0.29) is 5.91 Å². The van der Waals surface area contributed by atoms with E-state index in [0.29, 0.717) is 23.6 Å². The summed E-state index contributed by atoms with van der Waals surface area (Å²) in [5, 5.41) is 3.68. The quantitative estimate of drug-likeness (QED) is 0.712. The van der Waals surface area contributed by atoms with Crippen LogP contribution in [0, 0.1) is 13.8 Å². The highest BCUT2D eigenvalue weighted by Gasteiger charge is 2.13. The Bertz CT molecular complexity index is 897. The first-order valence-corrected chi connectivity index (χ1v) is 9.33. The Morgan fingerprint density at radius 2 is 1.85 bits per heavy atom. The van der Waals surface area contributed by atoms with E-state index in [2.05, 4.69) is 47.3 Å². The molecule has 4 nitrogen and oxygen atoms in total. The molecule has 2 aromatic heterocycles. The number of amides is 1. The second-order valence-electron chi connectivity index (χ2n) is 6.03. The van der Waals surface area contributed by atoms with E-state index >= 15 is 0 Å². The Morgan fingerprint density at radius 3 is 2.62 bits per heavy atom. The van der Waals surface area contributed by atoms with E-state index in [9.17, 15) is 4.79 Å². The summed E-state index contributed by atoms with van der Waals surface area (Å²) in [5.74, 6) is -0.111. The predicted molar refractivity (Wildman–Crippen MR) is 105 cm³/mol. The second kappa shape index (κ2) is 8.63. The molecule has 0 saturated carbocycles. The Labute approximate surface area is 158 Å². The number of benzene rings is 1. The van der Waals surface area contributed by atoms with Gasteiger partial charge >= 0.3 is 0 Å². The van der Waals surface area contributed by atoms with Crippen molar-refractivity contribution < 1.29 is 4.79 Å². The summed E-state index contributed by atoms with van der Waals surface area (Å²) in [6.07, 6.45) is 4.18. The third-order valence-corrected chi connectivity index (χ3v) is 5.11. The van der Waals surface area contributed by atoms with Crippen LogP contribution in [-0.4, -0.2) is 22.4 Å². The molecule has 0 spiro atoms. The molecule has 0 radical (unpaired) electrons. The summed E-state index contributed by atoms with van der Waals surface area (Å²) in [6.45, 7) is 4.71. The molecule has 5 heteroatoms. The van der Waals surface area contributed by atoms with Gasteiger partial charge in [0.2, 0.25) is 0 Å². The largest absolute Gasteiger partial charge is 0.352 e. The van der Waals surface area contributed by atoms with Gasteiger partial charge in [0.25, 0.3) is 5.91 Å². The van der Waals surface area contributed by atoms with Crippen LogP contribution in [0.3, 0.4) is 0 Å².